The van der Waals surface area contributed by atoms with Gasteiger partial charge in [0.25, 0.3) is 0 Å². The highest BCUT2D eigenvalue weighted by molar-refractivity contribution is 7.99. The number of carboxylic acids is 1. The van der Waals surface area contributed by atoms with E-state index in [-0.39, 0.29) is 0 Å². The molecular weight excluding hydrogens is 248 g/mol. The molecular formula is C13H20N2O2S. The zero-order valence-electron chi connectivity index (χ0n) is 10.8. The lowest BCUT2D eigenvalue weighted by atomic mass is 9.96. The van der Waals surface area contributed by atoms with Crippen LogP contribution in [0.4, 0.5) is 0 Å². The topological polar surface area (TPSA) is 62.2 Å². The Labute approximate surface area is 112 Å². The summed E-state index contributed by atoms with van der Waals surface area (Å²) >= 11 is 1.66. The van der Waals surface area contributed by atoms with Crippen LogP contribution in [0.3, 0.4) is 0 Å². The van der Waals surface area contributed by atoms with E-state index in [4.69, 9.17) is 0 Å². The summed E-state index contributed by atoms with van der Waals surface area (Å²) in [6, 6.07) is 5.80. The standard InChI is InChI=1S/C13H20N2O2S/c1-3-15-13(2,12(16)17)8-6-10-18-11-7-4-5-9-14-11/h4-5,7,9,15H,3,6,8,10H2,1-2H3,(H,16,17). The van der Waals surface area contributed by atoms with E-state index in [2.05, 4.69) is 10.3 Å². The smallest absolute Gasteiger partial charge is 0.323 e. The summed E-state index contributed by atoms with van der Waals surface area (Å²) in [5, 5.41) is 13.2. The van der Waals surface area contributed by atoms with Crippen molar-refractivity contribution in [2.75, 3.05) is 12.3 Å². The maximum Gasteiger partial charge on any atom is 0.323 e. The number of thioether (sulfide) groups is 1. The maximum absolute atomic E-state index is 11.2. The molecule has 0 amide bonds. The van der Waals surface area contributed by atoms with E-state index in [1.54, 1.807) is 24.9 Å². The Morgan fingerprint density at radius 3 is 2.89 bits per heavy atom. The lowest BCUT2D eigenvalue weighted by Gasteiger charge is -2.25. The lowest BCUT2D eigenvalue weighted by molar-refractivity contribution is -0.144. The van der Waals surface area contributed by atoms with E-state index in [0.29, 0.717) is 13.0 Å². The SMILES string of the molecule is CCNC(C)(CCCSc1ccccn1)C(=O)O. The van der Waals surface area contributed by atoms with E-state index in [1.807, 2.05) is 25.1 Å². The van der Waals surface area contributed by atoms with Crippen molar-refractivity contribution in [3.8, 4) is 0 Å². The molecule has 5 heteroatoms. The van der Waals surface area contributed by atoms with Gasteiger partial charge in [0.1, 0.15) is 5.54 Å². The minimum Gasteiger partial charge on any atom is -0.480 e. The maximum atomic E-state index is 11.2. The van der Waals surface area contributed by atoms with Gasteiger partial charge in [-0.1, -0.05) is 13.0 Å². The van der Waals surface area contributed by atoms with Gasteiger partial charge in [0.2, 0.25) is 0 Å². The fourth-order valence-electron chi connectivity index (χ4n) is 1.70. The molecule has 0 aliphatic carbocycles. The van der Waals surface area contributed by atoms with Crippen molar-refractivity contribution in [1.82, 2.24) is 10.3 Å². The van der Waals surface area contributed by atoms with Crippen molar-refractivity contribution < 1.29 is 9.90 Å². The molecule has 0 bridgehead atoms. The zero-order valence-corrected chi connectivity index (χ0v) is 11.7. The van der Waals surface area contributed by atoms with Gasteiger partial charge in [-0.15, -0.1) is 11.8 Å². The van der Waals surface area contributed by atoms with E-state index < -0.39 is 11.5 Å². The molecule has 0 spiro atoms. The van der Waals surface area contributed by atoms with Gasteiger partial charge in [0.15, 0.2) is 0 Å². The number of rotatable bonds is 8. The molecule has 0 aliphatic heterocycles. The molecule has 0 aromatic carbocycles. The molecule has 1 aromatic rings. The van der Waals surface area contributed by atoms with Gasteiger partial charge in [-0.2, -0.15) is 0 Å². The highest BCUT2D eigenvalue weighted by atomic mass is 32.2. The molecule has 1 aromatic heterocycles. The second-order valence-electron chi connectivity index (χ2n) is 4.29. The van der Waals surface area contributed by atoms with Crippen molar-refractivity contribution in [2.45, 2.75) is 37.3 Å². The summed E-state index contributed by atoms with van der Waals surface area (Å²) in [6.45, 7) is 4.32. The molecule has 1 heterocycles. The minimum absolute atomic E-state index is 0.621. The highest BCUT2D eigenvalue weighted by Gasteiger charge is 2.30. The van der Waals surface area contributed by atoms with E-state index in [9.17, 15) is 9.90 Å². The number of carboxylic acid groups (broad SMARTS) is 1. The molecule has 0 saturated heterocycles. The molecule has 18 heavy (non-hydrogen) atoms. The first-order valence-electron chi connectivity index (χ1n) is 6.11. The van der Waals surface area contributed by atoms with Crippen LogP contribution in [0.25, 0.3) is 0 Å². The first kappa shape index (κ1) is 15.0. The number of likely N-dealkylation sites (N-methyl/N-ethyl adjacent to an activating group) is 1. The van der Waals surface area contributed by atoms with Gasteiger partial charge < -0.3 is 10.4 Å². The van der Waals surface area contributed by atoms with Crippen molar-refractivity contribution >= 4 is 17.7 Å². The molecule has 0 radical (unpaired) electrons. The predicted octanol–water partition coefficient (Wildman–Crippen LogP) is 2.41. The average Bonchev–Trinajstić information content (AvgIpc) is 2.36. The van der Waals surface area contributed by atoms with Crippen LogP contribution in [-0.2, 0) is 4.79 Å². The van der Waals surface area contributed by atoms with Crippen molar-refractivity contribution in [1.29, 1.82) is 0 Å². The molecule has 0 saturated carbocycles. The fraction of sp³-hybridized carbons (Fsp3) is 0.538. The van der Waals surface area contributed by atoms with Crippen LogP contribution >= 0.6 is 11.8 Å². The monoisotopic (exact) mass is 268 g/mol. The summed E-state index contributed by atoms with van der Waals surface area (Å²) < 4.78 is 0. The summed E-state index contributed by atoms with van der Waals surface area (Å²) in [7, 11) is 0. The Kier molecular flexibility index (Phi) is 6.15. The lowest BCUT2D eigenvalue weighted by Crippen LogP contribution is -2.49. The van der Waals surface area contributed by atoms with E-state index in [0.717, 1.165) is 17.2 Å². The van der Waals surface area contributed by atoms with Crippen LogP contribution < -0.4 is 5.32 Å². The fourth-order valence-corrected chi connectivity index (χ4v) is 2.50. The third kappa shape index (κ3) is 4.66. The Morgan fingerprint density at radius 2 is 2.33 bits per heavy atom. The molecule has 1 atom stereocenters. The molecule has 2 N–H and O–H groups in total. The summed E-state index contributed by atoms with van der Waals surface area (Å²) in [4.78, 5) is 15.4. The van der Waals surface area contributed by atoms with E-state index in [1.165, 1.54) is 0 Å². The molecule has 4 nitrogen and oxygen atoms in total. The van der Waals surface area contributed by atoms with Crippen LogP contribution in [-0.4, -0.2) is 33.9 Å². The van der Waals surface area contributed by atoms with Crippen molar-refractivity contribution in [2.24, 2.45) is 0 Å². The number of hydrogen-bond acceptors (Lipinski definition) is 4. The second-order valence-corrected chi connectivity index (χ2v) is 5.40. The number of aliphatic carboxylic acids is 1. The van der Waals surface area contributed by atoms with Crippen molar-refractivity contribution in [3.63, 3.8) is 0 Å². The summed E-state index contributed by atoms with van der Waals surface area (Å²) in [6.07, 6.45) is 3.23. The van der Waals surface area contributed by atoms with Gasteiger partial charge in [-0.3, -0.25) is 4.79 Å². The molecule has 1 rings (SSSR count). The Balaban J connectivity index is 2.34. The van der Waals surface area contributed by atoms with E-state index >= 15 is 0 Å². The number of hydrogen-bond donors (Lipinski definition) is 2. The van der Waals surface area contributed by atoms with Crippen LogP contribution in [0.1, 0.15) is 26.7 Å². The van der Waals surface area contributed by atoms with Crippen molar-refractivity contribution in [3.05, 3.63) is 24.4 Å². The molecule has 1 unspecified atom stereocenters. The quantitative estimate of drug-likeness (QED) is 0.560. The molecule has 100 valence electrons. The van der Waals surface area contributed by atoms with Gasteiger partial charge in [0.05, 0.1) is 5.03 Å². The first-order chi connectivity index (χ1) is 8.58. The average molecular weight is 268 g/mol. The Hall–Kier alpha value is -1.07. The molecule has 0 aliphatic rings. The third-order valence-electron chi connectivity index (χ3n) is 2.75. The number of aromatic nitrogens is 1. The Morgan fingerprint density at radius 1 is 1.56 bits per heavy atom. The van der Waals surface area contributed by atoms with Gasteiger partial charge >= 0.3 is 5.97 Å². The third-order valence-corrected chi connectivity index (χ3v) is 3.78. The van der Waals surface area contributed by atoms with Gasteiger partial charge in [0, 0.05) is 6.20 Å². The largest absolute Gasteiger partial charge is 0.480 e. The van der Waals surface area contributed by atoms with Crippen LogP contribution in [0.15, 0.2) is 29.4 Å². The number of nitrogens with one attached hydrogen (secondary N) is 1. The first-order valence-corrected chi connectivity index (χ1v) is 7.09. The van der Waals surface area contributed by atoms with Crippen LogP contribution in [0.5, 0.6) is 0 Å². The number of pyridine rings is 1. The van der Waals surface area contributed by atoms with Gasteiger partial charge in [-0.25, -0.2) is 4.98 Å². The number of carbonyl (C=O) groups is 1. The summed E-state index contributed by atoms with van der Waals surface area (Å²) in [5.41, 5.74) is -0.820. The second kappa shape index (κ2) is 7.38. The summed E-state index contributed by atoms with van der Waals surface area (Å²) in [5.74, 6) is 0.0952. The molecule has 0 fully saturated rings. The zero-order chi connectivity index (χ0) is 13.4. The minimum atomic E-state index is -0.820. The van der Waals surface area contributed by atoms with Crippen LogP contribution in [0, 0.1) is 0 Å². The normalized spacial score (nSPS) is 14.1. The number of nitrogens with zero attached hydrogens (tertiary/aromatic N) is 1. The Bertz CT molecular complexity index is 373. The van der Waals surface area contributed by atoms with Crippen LogP contribution in [0.2, 0.25) is 0 Å². The van der Waals surface area contributed by atoms with Gasteiger partial charge in [-0.05, 0) is 44.2 Å². The highest BCUT2D eigenvalue weighted by Crippen LogP contribution is 2.19. The predicted molar refractivity (Wildman–Crippen MR) is 73.9 cm³/mol.